The van der Waals surface area contributed by atoms with Gasteiger partial charge in [0.05, 0.1) is 19.3 Å². The number of hydrogen-bond acceptors (Lipinski definition) is 6. The van der Waals surface area contributed by atoms with Gasteiger partial charge in [-0.3, -0.25) is 0 Å². The number of aliphatic hydroxyl groups is 1. The molecule has 94 valence electrons. The smallest absolute Gasteiger partial charge is 0.151 e. The first kappa shape index (κ1) is 12.1. The Kier molecular flexibility index (Phi) is 4.11. The van der Waals surface area contributed by atoms with E-state index < -0.39 is 0 Å². The van der Waals surface area contributed by atoms with Gasteiger partial charge in [-0.15, -0.1) is 10.2 Å². The monoisotopic (exact) mass is 238 g/mol. The average Bonchev–Trinajstić information content (AvgIpc) is 2.38. The normalized spacial score (nSPS) is 17.4. The van der Waals surface area contributed by atoms with Crippen molar-refractivity contribution in [3.8, 4) is 0 Å². The number of nitrogen functional groups attached to an aromatic ring is 1. The third-order valence-corrected chi connectivity index (χ3v) is 2.88. The van der Waals surface area contributed by atoms with Gasteiger partial charge in [0, 0.05) is 13.1 Å². The summed E-state index contributed by atoms with van der Waals surface area (Å²) >= 11 is 0. The highest BCUT2D eigenvalue weighted by atomic mass is 16.5. The number of ether oxygens (including phenoxy) is 1. The molecule has 1 aromatic rings. The fraction of sp³-hybridized carbons (Fsp3) is 0.636. The lowest BCUT2D eigenvalue weighted by molar-refractivity contribution is 0.0158. The topological polar surface area (TPSA) is 84.5 Å². The number of piperidine rings is 1. The molecular weight excluding hydrogens is 220 g/mol. The zero-order valence-corrected chi connectivity index (χ0v) is 9.75. The quantitative estimate of drug-likeness (QED) is 0.770. The summed E-state index contributed by atoms with van der Waals surface area (Å²) in [4.78, 5) is 2.17. The molecule has 0 unspecified atom stereocenters. The first-order valence-corrected chi connectivity index (χ1v) is 5.86. The first-order chi connectivity index (χ1) is 8.29. The Balaban J connectivity index is 1.84. The van der Waals surface area contributed by atoms with E-state index in [0.29, 0.717) is 12.4 Å². The Hall–Kier alpha value is -1.40. The highest BCUT2D eigenvalue weighted by molar-refractivity contribution is 5.41. The highest BCUT2D eigenvalue weighted by Crippen LogP contribution is 2.19. The van der Waals surface area contributed by atoms with E-state index >= 15 is 0 Å². The molecule has 1 aliphatic heterocycles. The predicted molar refractivity (Wildman–Crippen MR) is 64.7 cm³/mol. The summed E-state index contributed by atoms with van der Waals surface area (Å²) in [5, 5.41) is 16.6. The van der Waals surface area contributed by atoms with Crippen molar-refractivity contribution >= 4 is 11.6 Å². The summed E-state index contributed by atoms with van der Waals surface area (Å²) in [5.41, 5.74) is 5.50. The van der Waals surface area contributed by atoms with Gasteiger partial charge in [0.2, 0.25) is 0 Å². The molecule has 1 saturated heterocycles. The van der Waals surface area contributed by atoms with Crippen molar-refractivity contribution < 1.29 is 9.84 Å². The molecule has 0 bridgehead atoms. The van der Waals surface area contributed by atoms with Crippen LogP contribution in [0.5, 0.6) is 0 Å². The molecule has 0 saturated carbocycles. The second-order valence-corrected chi connectivity index (χ2v) is 4.10. The lowest BCUT2D eigenvalue weighted by atomic mass is 10.1. The number of nitrogens with zero attached hydrogens (tertiary/aromatic N) is 3. The van der Waals surface area contributed by atoms with E-state index in [9.17, 15) is 0 Å². The Morgan fingerprint density at radius 2 is 2.12 bits per heavy atom. The van der Waals surface area contributed by atoms with Crippen molar-refractivity contribution in [1.29, 1.82) is 0 Å². The van der Waals surface area contributed by atoms with E-state index in [-0.39, 0.29) is 12.7 Å². The molecule has 17 heavy (non-hydrogen) atoms. The summed E-state index contributed by atoms with van der Waals surface area (Å²) in [5.74, 6) is 1.30. The number of aromatic nitrogens is 2. The Morgan fingerprint density at radius 1 is 1.35 bits per heavy atom. The number of anilines is 2. The molecule has 2 rings (SSSR count). The summed E-state index contributed by atoms with van der Waals surface area (Å²) in [6.07, 6.45) is 2.15. The van der Waals surface area contributed by atoms with Crippen LogP contribution < -0.4 is 10.6 Å². The van der Waals surface area contributed by atoms with Crippen molar-refractivity contribution in [3.05, 3.63) is 12.1 Å². The van der Waals surface area contributed by atoms with Crippen LogP contribution in [-0.4, -0.2) is 47.7 Å². The summed E-state index contributed by atoms with van der Waals surface area (Å²) in [6.45, 7) is 2.30. The molecule has 6 nitrogen and oxygen atoms in total. The van der Waals surface area contributed by atoms with E-state index in [4.69, 9.17) is 15.6 Å². The molecule has 6 heteroatoms. The van der Waals surface area contributed by atoms with Crippen LogP contribution in [0.25, 0.3) is 0 Å². The highest BCUT2D eigenvalue weighted by Gasteiger charge is 2.20. The predicted octanol–water partition coefficient (Wildman–Crippen LogP) is 0.0365. The third kappa shape index (κ3) is 3.28. The third-order valence-electron chi connectivity index (χ3n) is 2.88. The Labute approximate surface area is 100 Å². The molecule has 1 aromatic heterocycles. The van der Waals surface area contributed by atoms with Crippen LogP contribution in [0.15, 0.2) is 12.1 Å². The minimum Gasteiger partial charge on any atom is -0.394 e. The molecule has 0 aromatic carbocycles. The molecule has 0 radical (unpaired) electrons. The van der Waals surface area contributed by atoms with Crippen LogP contribution in [0.2, 0.25) is 0 Å². The molecule has 3 N–H and O–H groups in total. The lowest BCUT2D eigenvalue weighted by Gasteiger charge is -2.32. The van der Waals surface area contributed by atoms with Gasteiger partial charge in [-0.2, -0.15) is 0 Å². The fourth-order valence-corrected chi connectivity index (χ4v) is 1.98. The van der Waals surface area contributed by atoms with Crippen molar-refractivity contribution in [1.82, 2.24) is 10.2 Å². The van der Waals surface area contributed by atoms with Crippen LogP contribution in [-0.2, 0) is 4.74 Å². The number of nitrogens with two attached hydrogens (primary N) is 1. The Bertz CT molecular complexity index is 336. The van der Waals surface area contributed by atoms with Gasteiger partial charge in [-0.25, -0.2) is 0 Å². The maximum atomic E-state index is 8.69. The molecule has 1 aliphatic rings. The van der Waals surface area contributed by atoms with Gasteiger partial charge in [0.25, 0.3) is 0 Å². The van der Waals surface area contributed by atoms with E-state index in [1.807, 2.05) is 6.07 Å². The summed E-state index contributed by atoms with van der Waals surface area (Å²) in [6, 6.07) is 3.65. The van der Waals surface area contributed by atoms with Crippen LogP contribution in [0.3, 0.4) is 0 Å². The molecular formula is C11H18N4O2. The van der Waals surface area contributed by atoms with Crippen LogP contribution >= 0.6 is 0 Å². The fourth-order valence-electron chi connectivity index (χ4n) is 1.98. The van der Waals surface area contributed by atoms with Crippen LogP contribution in [0, 0.1) is 0 Å². The number of aliphatic hydroxyl groups excluding tert-OH is 1. The van der Waals surface area contributed by atoms with Crippen LogP contribution in [0.4, 0.5) is 11.6 Å². The maximum absolute atomic E-state index is 8.69. The van der Waals surface area contributed by atoms with Gasteiger partial charge < -0.3 is 20.5 Å². The number of rotatable bonds is 4. The second kappa shape index (κ2) is 5.79. The zero-order valence-electron chi connectivity index (χ0n) is 9.75. The largest absolute Gasteiger partial charge is 0.394 e. The molecule has 0 amide bonds. The zero-order chi connectivity index (χ0) is 12.1. The molecule has 1 fully saturated rings. The number of hydrogen-bond donors (Lipinski definition) is 2. The van der Waals surface area contributed by atoms with Gasteiger partial charge in [0.1, 0.15) is 5.82 Å². The Morgan fingerprint density at radius 3 is 2.71 bits per heavy atom. The molecule has 0 atom stereocenters. The first-order valence-electron chi connectivity index (χ1n) is 5.86. The SMILES string of the molecule is Nc1ccc(N2CCC(OCCO)CC2)nn1. The van der Waals surface area contributed by atoms with E-state index in [1.165, 1.54) is 0 Å². The molecule has 0 spiro atoms. The van der Waals surface area contributed by atoms with Crippen LogP contribution in [0.1, 0.15) is 12.8 Å². The summed E-state index contributed by atoms with van der Waals surface area (Å²) < 4.78 is 5.50. The molecule has 2 heterocycles. The van der Waals surface area contributed by atoms with Gasteiger partial charge in [-0.1, -0.05) is 0 Å². The standard InChI is InChI=1S/C11H18N4O2/c12-10-1-2-11(14-13-10)15-5-3-9(4-6-15)17-8-7-16/h1-2,9,16H,3-8H2,(H2,12,13). The summed E-state index contributed by atoms with van der Waals surface area (Å²) in [7, 11) is 0. The van der Waals surface area contributed by atoms with E-state index in [0.717, 1.165) is 31.7 Å². The minimum absolute atomic E-state index is 0.0870. The average molecular weight is 238 g/mol. The van der Waals surface area contributed by atoms with Crippen molar-refractivity contribution in [2.45, 2.75) is 18.9 Å². The maximum Gasteiger partial charge on any atom is 0.151 e. The lowest BCUT2D eigenvalue weighted by Crippen LogP contribution is -2.37. The second-order valence-electron chi connectivity index (χ2n) is 4.10. The minimum atomic E-state index is 0.0870. The van der Waals surface area contributed by atoms with Crippen molar-refractivity contribution in [2.24, 2.45) is 0 Å². The van der Waals surface area contributed by atoms with Crippen molar-refractivity contribution in [3.63, 3.8) is 0 Å². The van der Waals surface area contributed by atoms with Gasteiger partial charge in [0.15, 0.2) is 5.82 Å². The molecule has 0 aliphatic carbocycles. The van der Waals surface area contributed by atoms with Gasteiger partial charge >= 0.3 is 0 Å². The van der Waals surface area contributed by atoms with Crippen molar-refractivity contribution in [2.75, 3.05) is 36.9 Å². The van der Waals surface area contributed by atoms with E-state index in [2.05, 4.69) is 15.1 Å². The van der Waals surface area contributed by atoms with Gasteiger partial charge in [-0.05, 0) is 25.0 Å². The van der Waals surface area contributed by atoms with E-state index in [1.54, 1.807) is 6.07 Å².